The Morgan fingerprint density at radius 2 is 1.79 bits per heavy atom. The smallest absolute Gasteiger partial charge is 0.290 e. The van der Waals surface area contributed by atoms with Gasteiger partial charge in [0.05, 0.1) is 17.6 Å². The molecule has 5 rings (SSSR count). The Bertz CT molecular complexity index is 1170. The molecule has 0 bridgehead atoms. The molecule has 2 heterocycles. The van der Waals surface area contributed by atoms with Crippen LogP contribution in [0.25, 0.3) is 11.0 Å². The number of imidazole rings is 1. The van der Waals surface area contributed by atoms with Gasteiger partial charge in [0.25, 0.3) is 5.91 Å². The van der Waals surface area contributed by atoms with Crippen LogP contribution in [0.2, 0.25) is 0 Å². The number of amides is 2. The summed E-state index contributed by atoms with van der Waals surface area (Å²) < 4.78 is 1.93. The summed E-state index contributed by atoms with van der Waals surface area (Å²) in [4.78, 5) is 34.0. The molecule has 0 radical (unpaired) electrons. The third kappa shape index (κ3) is 3.92. The fourth-order valence-corrected chi connectivity index (χ4v) is 5.36. The highest BCUT2D eigenvalue weighted by Gasteiger charge is 2.49. The molecule has 172 valence electrons. The quantitative estimate of drug-likeness (QED) is 0.630. The molecule has 6 heteroatoms. The Morgan fingerprint density at radius 3 is 2.55 bits per heavy atom. The van der Waals surface area contributed by atoms with E-state index in [-0.39, 0.29) is 23.8 Å². The molecule has 1 aromatic heterocycles. The first-order valence-corrected chi connectivity index (χ1v) is 12.1. The zero-order valence-corrected chi connectivity index (χ0v) is 19.5. The van der Waals surface area contributed by atoms with E-state index in [0.717, 1.165) is 42.3 Å². The minimum Gasteiger partial charge on any atom is -0.351 e. The maximum absolute atomic E-state index is 13.8. The van der Waals surface area contributed by atoms with E-state index in [1.165, 1.54) is 6.42 Å². The molecule has 1 aliphatic heterocycles. The van der Waals surface area contributed by atoms with Crippen LogP contribution in [-0.4, -0.2) is 44.4 Å². The lowest BCUT2D eigenvalue weighted by atomic mass is 9.90. The number of benzene rings is 2. The van der Waals surface area contributed by atoms with Gasteiger partial charge in [-0.3, -0.25) is 9.59 Å². The van der Waals surface area contributed by atoms with Crippen molar-refractivity contribution in [2.75, 3.05) is 6.54 Å². The standard InChI is InChI=1S/C27H32N4O2/c1-19(20-11-5-3-6-12-20)17-31-25(32)24-29-22-15-9-10-16-23(22)30(24)18-27(31,2)26(33)28-21-13-7-4-8-14-21/h3,5-6,9-12,15-16,19,21H,4,7-8,13-14,17-18H2,1-2H3,(H,28,33)/t19-,27-/m1/s1. The van der Waals surface area contributed by atoms with Gasteiger partial charge in [-0.05, 0) is 43.4 Å². The molecule has 0 unspecified atom stereocenters. The molecule has 33 heavy (non-hydrogen) atoms. The number of carbonyl (C=O) groups excluding carboxylic acids is 2. The van der Waals surface area contributed by atoms with Gasteiger partial charge in [-0.2, -0.15) is 0 Å². The SMILES string of the molecule is C[C@H](CN1C(=O)c2nc3ccccc3n2C[C@]1(C)C(=O)NC1CCCCC1)c1ccccc1. The summed E-state index contributed by atoms with van der Waals surface area (Å²) in [5.41, 5.74) is 1.84. The van der Waals surface area contributed by atoms with E-state index < -0.39 is 5.54 Å². The second-order valence-corrected chi connectivity index (χ2v) is 9.82. The molecule has 1 fully saturated rings. The molecule has 1 aliphatic carbocycles. The Morgan fingerprint density at radius 1 is 1.09 bits per heavy atom. The van der Waals surface area contributed by atoms with Crippen LogP contribution in [0, 0.1) is 0 Å². The van der Waals surface area contributed by atoms with Crippen molar-refractivity contribution in [1.82, 2.24) is 19.8 Å². The van der Waals surface area contributed by atoms with E-state index >= 15 is 0 Å². The van der Waals surface area contributed by atoms with Crippen LogP contribution >= 0.6 is 0 Å². The lowest BCUT2D eigenvalue weighted by Crippen LogP contribution is -2.65. The van der Waals surface area contributed by atoms with Crippen molar-refractivity contribution in [3.05, 3.63) is 66.0 Å². The number of fused-ring (bicyclic) bond motifs is 3. The van der Waals surface area contributed by atoms with Crippen molar-refractivity contribution in [2.45, 2.75) is 70.0 Å². The summed E-state index contributed by atoms with van der Waals surface area (Å²) >= 11 is 0. The second-order valence-electron chi connectivity index (χ2n) is 9.82. The van der Waals surface area contributed by atoms with Gasteiger partial charge in [0.2, 0.25) is 5.91 Å². The summed E-state index contributed by atoms with van der Waals surface area (Å²) in [6, 6.07) is 18.1. The maximum atomic E-state index is 13.8. The highest BCUT2D eigenvalue weighted by Crippen LogP contribution is 2.33. The highest BCUT2D eigenvalue weighted by atomic mass is 16.2. The molecule has 6 nitrogen and oxygen atoms in total. The van der Waals surface area contributed by atoms with Gasteiger partial charge >= 0.3 is 0 Å². The number of rotatable bonds is 5. The van der Waals surface area contributed by atoms with Crippen LogP contribution in [0.5, 0.6) is 0 Å². The summed E-state index contributed by atoms with van der Waals surface area (Å²) in [6.45, 7) is 4.88. The van der Waals surface area contributed by atoms with Gasteiger partial charge in [-0.25, -0.2) is 4.98 Å². The number of para-hydroxylation sites is 2. The molecular formula is C27H32N4O2. The van der Waals surface area contributed by atoms with Gasteiger partial charge in [-0.15, -0.1) is 0 Å². The summed E-state index contributed by atoms with van der Waals surface area (Å²) in [6.07, 6.45) is 5.54. The Labute approximate surface area is 195 Å². The normalized spacial score (nSPS) is 22.2. The number of carbonyl (C=O) groups is 2. The summed E-state index contributed by atoms with van der Waals surface area (Å²) in [5, 5.41) is 3.30. The van der Waals surface area contributed by atoms with Gasteiger partial charge in [0.15, 0.2) is 5.82 Å². The largest absolute Gasteiger partial charge is 0.351 e. The van der Waals surface area contributed by atoms with Gasteiger partial charge < -0.3 is 14.8 Å². The van der Waals surface area contributed by atoms with E-state index in [0.29, 0.717) is 18.9 Å². The van der Waals surface area contributed by atoms with E-state index in [1.54, 1.807) is 4.90 Å². The molecule has 3 aromatic rings. The Kier molecular flexibility index (Phi) is 5.69. The average Bonchev–Trinajstić information content (AvgIpc) is 3.21. The second kappa shape index (κ2) is 8.65. The lowest BCUT2D eigenvalue weighted by molar-refractivity contribution is -0.134. The number of hydrogen-bond acceptors (Lipinski definition) is 3. The van der Waals surface area contributed by atoms with Crippen molar-refractivity contribution in [2.24, 2.45) is 0 Å². The fraction of sp³-hybridized carbons (Fsp3) is 0.444. The molecule has 1 N–H and O–H groups in total. The fourth-order valence-electron chi connectivity index (χ4n) is 5.36. The third-order valence-corrected chi connectivity index (χ3v) is 7.41. The molecule has 0 spiro atoms. The third-order valence-electron chi connectivity index (χ3n) is 7.41. The van der Waals surface area contributed by atoms with Crippen molar-refractivity contribution < 1.29 is 9.59 Å². The summed E-state index contributed by atoms with van der Waals surface area (Å²) in [7, 11) is 0. The first-order chi connectivity index (χ1) is 16.0. The highest BCUT2D eigenvalue weighted by molar-refractivity contribution is 6.01. The monoisotopic (exact) mass is 444 g/mol. The number of aromatic nitrogens is 2. The van der Waals surface area contributed by atoms with Crippen LogP contribution < -0.4 is 5.32 Å². The van der Waals surface area contributed by atoms with Gasteiger partial charge in [0.1, 0.15) is 5.54 Å². The minimum absolute atomic E-state index is 0.0635. The van der Waals surface area contributed by atoms with Crippen molar-refractivity contribution in [3.8, 4) is 0 Å². The molecule has 2 amide bonds. The van der Waals surface area contributed by atoms with Crippen LogP contribution in [0.4, 0.5) is 0 Å². The molecule has 2 aromatic carbocycles. The summed E-state index contributed by atoms with van der Waals surface area (Å²) in [5.74, 6) is 0.264. The predicted octanol–water partition coefficient (Wildman–Crippen LogP) is 4.50. The predicted molar refractivity (Wildman–Crippen MR) is 129 cm³/mol. The van der Waals surface area contributed by atoms with Crippen LogP contribution in [0.3, 0.4) is 0 Å². The van der Waals surface area contributed by atoms with Gasteiger partial charge in [-0.1, -0.05) is 68.7 Å². The van der Waals surface area contributed by atoms with E-state index in [4.69, 9.17) is 0 Å². The maximum Gasteiger partial charge on any atom is 0.290 e. The van der Waals surface area contributed by atoms with Crippen LogP contribution in [0.15, 0.2) is 54.6 Å². The topological polar surface area (TPSA) is 67.2 Å². The minimum atomic E-state index is -0.992. The van der Waals surface area contributed by atoms with Crippen molar-refractivity contribution >= 4 is 22.8 Å². The van der Waals surface area contributed by atoms with E-state index in [1.807, 2.05) is 54.0 Å². The van der Waals surface area contributed by atoms with Crippen LogP contribution in [0.1, 0.15) is 68.1 Å². The Hall–Kier alpha value is -3.15. The molecule has 2 atom stereocenters. The number of nitrogens with zero attached hydrogens (tertiary/aromatic N) is 3. The lowest BCUT2D eigenvalue weighted by Gasteiger charge is -2.45. The average molecular weight is 445 g/mol. The zero-order valence-electron chi connectivity index (χ0n) is 19.5. The van der Waals surface area contributed by atoms with Crippen molar-refractivity contribution in [3.63, 3.8) is 0 Å². The molecule has 1 saturated carbocycles. The molecule has 0 saturated heterocycles. The van der Waals surface area contributed by atoms with Gasteiger partial charge in [0, 0.05) is 12.6 Å². The van der Waals surface area contributed by atoms with Crippen molar-refractivity contribution in [1.29, 1.82) is 0 Å². The zero-order chi connectivity index (χ0) is 23.0. The Balaban J connectivity index is 1.52. The number of hydrogen-bond donors (Lipinski definition) is 1. The molecular weight excluding hydrogens is 412 g/mol. The van der Waals surface area contributed by atoms with Crippen LogP contribution in [-0.2, 0) is 11.3 Å². The first-order valence-electron chi connectivity index (χ1n) is 12.1. The van der Waals surface area contributed by atoms with E-state index in [9.17, 15) is 9.59 Å². The first kappa shape index (κ1) is 21.7. The molecule has 2 aliphatic rings. The number of nitrogens with one attached hydrogen (secondary N) is 1. The van der Waals surface area contributed by atoms with E-state index in [2.05, 4.69) is 29.4 Å².